The third-order valence-corrected chi connectivity index (χ3v) is 3.55. The van der Waals surface area contributed by atoms with Gasteiger partial charge in [0.15, 0.2) is 0 Å². The van der Waals surface area contributed by atoms with Crippen LogP contribution in [0.25, 0.3) is 0 Å². The maximum Gasteiger partial charge on any atom is 0.335 e. The van der Waals surface area contributed by atoms with E-state index in [9.17, 15) is 4.79 Å². The molecule has 21 heavy (non-hydrogen) atoms. The van der Waals surface area contributed by atoms with Crippen LogP contribution >= 0.6 is 11.6 Å². The van der Waals surface area contributed by atoms with Crippen LogP contribution in [0.5, 0.6) is 5.75 Å². The van der Waals surface area contributed by atoms with E-state index < -0.39 is 5.97 Å². The third kappa shape index (κ3) is 3.67. The molecule has 2 aromatic rings. The Morgan fingerprint density at radius 3 is 2.67 bits per heavy atom. The molecule has 4 nitrogen and oxygen atoms in total. The number of methoxy groups -OCH3 is 1. The lowest BCUT2D eigenvalue weighted by molar-refractivity contribution is 0.0697. The molecule has 0 unspecified atom stereocenters. The number of hydrogen-bond acceptors (Lipinski definition) is 3. The lowest BCUT2D eigenvalue weighted by Crippen LogP contribution is -2.16. The summed E-state index contributed by atoms with van der Waals surface area (Å²) in [6.07, 6.45) is 0. The zero-order chi connectivity index (χ0) is 15.4. The number of aromatic carboxylic acids is 1. The second-order valence-electron chi connectivity index (χ2n) is 4.67. The van der Waals surface area contributed by atoms with Crippen molar-refractivity contribution in [3.8, 4) is 5.75 Å². The molecule has 0 aliphatic heterocycles. The van der Waals surface area contributed by atoms with E-state index >= 15 is 0 Å². The van der Waals surface area contributed by atoms with Gasteiger partial charge in [-0.2, -0.15) is 0 Å². The predicted octanol–water partition coefficient (Wildman–Crippen LogP) is 3.68. The first-order valence-electron chi connectivity index (χ1n) is 6.38. The normalized spacial score (nSPS) is 10.2. The molecule has 2 rings (SSSR count). The summed E-state index contributed by atoms with van der Waals surface area (Å²) < 4.78 is 5.20. The van der Waals surface area contributed by atoms with Crippen molar-refractivity contribution in [2.45, 2.75) is 6.54 Å². The van der Waals surface area contributed by atoms with E-state index in [2.05, 4.69) is 0 Å². The van der Waals surface area contributed by atoms with Gasteiger partial charge < -0.3 is 14.7 Å². The molecule has 5 heteroatoms. The first-order chi connectivity index (χ1) is 10.0. The molecule has 0 saturated carbocycles. The zero-order valence-electron chi connectivity index (χ0n) is 11.8. The summed E-state index contributed by atoms with van der Waals surface area (Å²) in [7, 11) is 3.57. The Bertz CT molecular complexity index is 658. The Kier molecular flexibility index (Phi) is 4.70. The molecule has 0 bridgehead atoms. The van der Waals surface area contributed by atoms with Crippen LogP contribution < -0.4 is 9.64 Å². The first-order valence-corrected chi connectivity index (χ1v) is 6.76. The predicted molar refractivity (Wildman–Crippen MR) is 83.5 cm³/mol. The zero-order valence-corrected chi connectivity index (χ0v) is 12.6. The highest BCUT2D eigenvalue weighted by molar-refractivity contribution is 6.31. The van der Waals surface area contributed by atoms with E-state index in [0.29, 0.717) is 11.6 Å². The van der Waals surface area contributed by atoms with Gasteiger partial charge >= 0.3 is 5.97 Å². The van der Waals surface area contributed by atoms with Crippen molar-refractivity contribution in [2.75, 3.05) is 19.1 Å². The number of anilines is 1. The van der Waals surface area contributed by atoms with E-state index in [1.165, 1.54) is 6.07 Å². The molecule has 0 aliphatic carbocycles. The van der Waals surface area contributed by atoms with Crippen LogP contribution in [0.15, 0.2) is 42.5 Å². The molecule has 0 aliphatic rings. The summed E-state index contributed by atoms with van der Waals surface area (Å²) in [6, 6.07) is 12.5. The van der Waals surface area contributed by atoms with Crippen molar-refractivity contribution < 1.29 is 14.6 Å². The molecule has 0 saturated heterocycles. The summed E-state index contributed by atoms with van der Waals surface area (Å²) in [5, 5.41) is 9.38. The smallest absolute Gasteiger partial charge is 0.335 e. The van der Waals surface area contributed by atoms with Crippen LogP contribution in [0.1, 0.15) is 15.9 Å². The van der Waals surface area contributed by atoms with Gasteiger partial charge in [0.1, 0.15) is 5.75 Å². The minimum Gasteiger partial charge on any atom is -0.497 e. The number of carbonyl (C=O) groups is 1. The summed E-state index contributed by atoms with van der Waals surface area (Å²) >= 11 is 6.15. The fourth-order valence-electron chi connectivity index (χ4n) is 2.00. The van der Waals surface area contributed by atoms with Crippen LogP contribution in [0.3, 0.4) is 0 Å². The number of carboxylic acids is 1. The van der Waals surface area contributed by atoms with E-state index in [0.717, 1.165) is 17.0 Å². The minimum atomic E-state index is -0.982. The molecule has 2 aromatic carbocycles. The van der Waals surface area contributed by atoms with E-state index in [1.807, 2.05) is 36.2 Å². The molecule has 0 amide bonds. The quantitative estimate of drug-likeness (QED) is 0.915. The number of nitrogens with zero attached hydrogens (tertiary/aromatic N) is 1. The Labute approximate surface area is 128 Å². The fourth-order valence-corrected chi connectivity index (χ4v) is 2.24. The summed E-state index contributed by atoms with van der Waals surface area (Å²) in [5.41, 5.74) is 2.05. The molecule has 0 spiro atoms. The van der Waals surface area contributed by atoms with Crippen LogP contribution in [0, 0.1) is 0 Å². The minimum absolute atomic E-state index is 0.188. The van der Waals surface area contributed by atoms with Crippen molar-refractivity contribution >= 4 is 23.3 Å². The summed E-state index contributed by atoms with van der Waals surface area (Å²) in [4.78, 5) is 12.9. The largest absolute Gasteiger partial charge is 0.497 e. The fraction of sp³-hybridized carbons (Fsp3) is 0.188. The molecular weight excluding hydrogens is 290 g/mol. The molecule has 1 N–H and O–H groups in total. The number of rotatable bonds is 5. The number of ether oxygens (including phenoxy) is 1. The van der Waals surface area contributed by atoms with Crippen molar-refractivity contribution in [3.05, 3.63) is 58.6 Å². The monoisotopic (exact) mass is 305 g/mol. The van der Waals surface area contributed by atoms with Gasteiger partial charge in [0.25, 0.3) is 0 Å². The standard InChI is InChI=1S/C16H16ClNO3/c1-18(13-4-3-5-14(9-13)21-2)10-12-7-6-11(16(19)20)8-15(12)17/h3-9H,10H2,1-2H3,(H,19,20). The van der Waals surface area contributed by atoms with Crippen molar-refractivity contribution in [1.82, 2.24) is 0 Å². The maximum atomic E-state index is 10.9. The summed E-state index contributed by atoms with van der Waals surface area (Å²) in [5.74, 6) is -0.198. The van der Waals surface area contributed by atoms with Crippen molar-refractivity contribution in [3.63, 3.8) is 0 Å². The molecular formula is C16H16ClNO3. The number of carboxylic acid groups (broad SMARTS) is 1. The average molecular weight is 306 g/mol. The third-order valence-electron chi connectivity index (χ3n) is 3.20. The lowest BCUT2D eigenvalue weighted by Gasteiger charge is -2.20. The first kappa shape index (κ1) is 15.2. The number of hydrogen-bond donors (Lipinski definition) is 1. The molecule has 0 heterocycles. The Morgan fingerprint density at radius 1 is 1.29 bits per heavy atom. The summed E-state index contributed by atoms with van der Waals surface area (Å²) in [6.45, 7) is 0.575. The molecule has 0 aromatic heterocycles. The van der Waals surface area contributed by atoms with Gasteiger partial charge in [-0.3, -0.25) is 0 Å². The van der Waals surface area contributed by atoms with Gasteiger partial charge in [0.05, 0.1) is 12.7 Å². The van der Waals surface area contributed by atoms with Gasteiger partial charge in [-0.15, -0.1) is 0 Å². The number of halogens is 1. The highest BCUT2D eigenvalue weighted by Gasteiger charge is 2.10. The average Bonchev–Trinajstić information content (AvgIpc) is 2.49. The van der Waals surface area contributed by atoms with Gasteiger partial charge in [-0.05, 0) is 29.8 Å². The Hall–Kier alpha value is -2.20. The SMILES string of the molecule is COc1cccc(N(C)Cc2ccc(C(=O)O)cc2Cl)c1. The van der Waals surface area contributed by atoms with Crippen molar-refractivity contribution in [1.29, 1.82) is 0 Å². The van der Waals surface area contributed by atoms with Crippen LogP contribution in [0.2, 0.25) is 5.02 Å². The molecule has 110 valence electrons. The van der Waals surface area contributed by atoms with Gasteiger partial charge in [0, 0.05) is 30.4 Å². The molecule has 0 fully saturated rings. The van der Waals surface area contributed by atoms with E-state index in [4.69, 9.17) is 21.4 Å². The van der Waals surface area contributed by atoms with Crippen LogP contribution in [-0.4, -0.2) is 25.2 Å². The van der Waals surface area contributed by atoms with Crippen molar-refractivity contribution in [2.24, 2.45) is 0 Å². The van der Waals surface area contributed by atoms with Gasteiger partial charge in [0.2, 0.25) is 0 Å². The van der Waals surface area contributed by atoms with Crippen LogP contribution in [0.4, 0.5) is 5.69 Å². The highest BCUT2D eigenvalue weighted by atomic mass is 35.5. The molecule has 0 radical (unpaired) electrons. The highest BCUT2D eigenvalue weighted by Crippen LogP contribution is 2.24. The number of benzene rings is 2. The Morgan fingerprint density at radius 2 is 2.05 bits per heavy atom. The van der Waals surface area contributed by atoms with Gasteiger partial charge in [-0.1, -0.05) is 23.7 Å². The second kappa shape index (κ2) is 6.50. The second-order valence-corrected chi connectivity index (χ2v) is 5.08. The van der Waals surface area contributed by atoms with E-state index in [-0.39, 0.29) is 5.56 Å². The topological polar surface area (TPSA) is 49.8 Å². The van der Waals surface area contributed by atoms with Crippen LogP contribution in [-0.2, 0) is 6.54 Å². The molecule has 0 atom stereocenters. The van der Waals surface area contributed by atoms with Gasteiger partial charge in [-0.25, -0.2) is 4.79 Å². The lowest BCUT2D eigenvalue weighted by atomic mass is 10.1. The van der Waals surface area contributed by atoms with E-state index in [1.54, 1.807) is 19.2 Å². The maximum absolute atomic E-state index is 10.9. The Balaban J connectivity index is 2.19.